The molecule has 1 N–H and O–H groups in total. The highest BCUT2D eigenvalue weighted by Crippen LogP contribution is 2.37. The van der Waals surface area contributed by atoms with Gasteiger partial charge in [-0.1, -0.05) is 70.2 Å². The van der Waals surface area contributed by atoms with Crippen molar-refractivity contribution in [1.82, 2.24) is 0 Å². The molecule has 2 aromatic carbocycles. The second-order valence-electron chi connectivity index (χ2n) is 6.16. The van der Waals surface area contributed by atoms with E-state index in [2.05, 4.69) is 69.2 Å². The zero-order chi connectivity index (χ0) is 15.4. The highest BCUT2D eigenvalue weighted by Gasteiger charge is 2.17. The third-order valence-corrected chi connectivity index (χ3v) is 3.89. The molecule has 0 radical (unpaired) electrons. The molecule has 0 unspecified atom stereocenters. The molecule has 0 aliphatic carbocycles. The first-order valence-corrected chi connectivity index (χ1v) is 7.61. The molecule has 2 nitrogen and oxygen atoms in total. The van der Waals surface area contributed by atoms with Gasteiger partial charge in [-0.3, -0.25) is 0 Å². The van der Waals surface area contributed by atoms with Gasteiger partial charge in [0.1, 0.15) is 0 Å². The molecular formula is C19H24N2. The second kappa shape index (κ2) is 6.66. The molecule has 2 heteroatoms. The summed E-state index contributed by atoms with van der Waals surface area (Å²) in [5.74, 6) is 0.754. The Balaban J connectivity index is 2.53. The average molecular weight is 280 g/mol. The molecule has 0 amide bonds. The van der Waals surface area contributed by atoms with Gasteiger partial charge in [0.15, 0.2) is 0 Å². The summed E-state index contributed by atoms with van der Waals surface area (Å²) < 4.78 is 0. The molecule has 21 heavy (non-hydrogen) atoms. The Morgan fingerprint density at radius 3 is 2.10 bits per heavy atom. The van der Waals surface area contributed by atoms with E-state index in [0.29, 0.717) is 11.8 Å². The van der Waals surface area contributed by atoms with Crippen LogP contribution >= 0.6 is 0 Å². The minimum Gasteiger partial charge on any atom is -0.204 e. The second-order valence-corrected chi connectivity index (χ2v) is 6.16. The van der Waals surface area contributed by atoms with E-state index in [4.69, 9.17) is 5.53 Å². The van der Waals surface area contributed by atoms with Crippen LogP contribution < -0.4 is 0 Å². The molecule has 0 aliphatic heterocycles. The number of nitrogens with zero attached hydrogens (tertiary/aromatic N) is 1. The van der Waals surface area contributed by atoms with Gasteiger partial charge in [0.05, 0.1) is 5.69 Å². The summed E-state index contributed by atoms with van der Waals surface area (Å²) in [6.07, 6.45) is 0.898. The number of rotatable bonds is 5. The van der Waals surface area contributed by atoms with Gasteiger partial charge in [-0.2, -0.15) is 5.11 Å². The maximum Gasteiger partial charge on any atom is 0.0921 e. The molecule has 0 spiro atoms. The van der Waals surface area contributed by atoms with Gasteiger partial charge in [-0.05, 0) is 40.5 Å². The van der Waals surface area contributed by atoms with Gasteiger partial charge in [-0.15, -0.1) is 0 Å². The lowest BCUT2D eigenvalue weighted by atomic mass is 9.87. The van der Waals surface area contributed by atoms with Crippen LogP contribution in [0.2, 0.25) is 0 Å². The van der Waals surface area contributed by atoms with Crippen molar-refractivity contribution in [2.45, 2.75) is 46.0 Å². The van der Waals surface area contributed by atoms with E-state index < -0.39 is 0 Å². The van der Waals surface area contributed by atoms with E-state index in [1.807, 2.05) is 6.07 Å². The smallest absolute Gasteiger partial charge is 0.0921 e. The monoisotopic (exact) mass is 280 g/mol. The molecule has 2 rings (SSSR count). The summed E-state index contributed by atoms with van der Waals surface area (Å²) in [6.45, 7) is 8.68. The summed E-state index contributed by atoms with van der Waals surface area (Å²) in [5, 5.41) is 3.87. The van der Waals surface area contributed by atoms with Crippen molar-refractivity contribution < 1.29 is 0 Å². The highest BCUT2D eigenvalue weighted by atomic mass is 15.0. The normalized spacial score (nSPS) is 11.1. The van der Waals surface area contributed by atoms with E-state index in [0.717, 1.165) is 12.1 Å². The zero-order valence-corrected chi connectivity index (χ0v) is 13.4. The van der Waals surface area contributed by atoms with Crippen LogP contribution in [0.3, 0.4) is 0 Å². The molecule has 0 saturated carbocycles. The average Bonchev–Trinajstić information content (AvgIpc) is 2.47. The van der Waals surface area contributed by atoms with Crippen LogP contribution in [0.15, 0.2) is 47.6 Å². The molecule has 0 saturated heterocycles. The van der Waals surface area contributed by atoms with Crippen LogP contribution in [0.25, 0.3) is 0 Å². The van der Waals surface area contributed by atoms with E-state index in [9.17, 15) is 0 Å². The van der Waals surface area contributed by atoms with E-state index in [1.165, 1.54) is 22.3 Å². The van der Waals surface area contributed by atoms with Gasteiger partial charge < -0.3 is 0 Å². The SMILES string of the molecule is CC(C)c1ccc(Cc2ccccc2)c(C(C)C)c1N=N. The fourth-order valence-electron chi connectivity index (χ4n) is 2.87. The van der Waals surface area contributed by atoms with Gasteiger partial charge >= 0.3 is 0 Å². The lowest BCUT2D eigenvalue weighted by Gasteiger charge is -2.20. The predicted molar refractivity (Wildman–Crippen MR) is 88.7 cm³/mol. The number of nitrogens with one attached hydrogen (secondary N) is 1. The van der Waals surface area contributed by atoms with Crippen LogP contribution in [-0.2, 0) is 6.42 Å². The molecular weight excluding hydrogens is 256 g/mol. The van der Waals surface area contributed by atoms with Crippen molar-refractivity contribution in [2.24, 2.45) is 5.11 Å². The minimum absolute atomic E-state index is 0.367. The fourth-order valence-corrected chi connectivity index (χ4v) is 2.87. The van der Waals surface area contributed by atoms with Gasteiger partial charge in [0.25, 0.3) is 0 Å². The summed E-state index contributed by atoms with van der Waals surface area (Å²) in [6, 6.07) is 14.8. The Kier molecular flexibility index (Phi) is 4.89. The minimum atomic E-state index is 0.367. The molecule has 0 fully saturated rings. The van der Waals surface area contributed by atoms with Crippen molar-refractivity contribution in [1.29, 1.82) is 5.53 Å². The fraction of sp³-hybridized carbons (Fsp3) is 0.368. The number of benzene rings is 2. The summed E-state index contributed by atoms with van der Waals surface area (Å²) in [7, 11) is 0. The van der Waals surface area contributed by atoms with Gasteiger partial charge in [0.2, 0.25) is 0 Å². The van der Waals surface area contributed by atoms with Crippen LogP contribution in [0.4, 0.5) is 5.69 Å². The molecule has 110 valence electrons. The maximum absolute atomic E-state index is 7.61. The van der Waals surface area contributed by atoms with Crippen LogP contribution in [0.5, 0.6) is 0 Å². The first-order valence-electron chi connectivity index (χ1n) is 7.61. The Labute approximate surface area is 127 Å². The summed E-state index contributed by atoms with van der Waals surface area (Å²) >= 11 is 0. The Morgan fingerprint density at radius 1 is 0.905 bits per heavy atom. The predicted octanol–water partition coefficient (Wildman–Crippen LogP) is 6.19. The standard InChI is InChI=1S/C19H24N2/c1-13(2)17-11-10-16(12-15-8-6-5-7-9-15)18(14(3)4)19(17)21-20/h5-11,13-14,20H,12H2,1-4H3. The Hall–Kier alpha value is -1.96. The van der Waals surface area contributed by atoms with E-state index in [-0.39, 0.29) is 0 Å². The van der Waals surface area contributed by atoms with Crippen molar-refractivity contribution in [3.05, 3.63) is 64.7 Å². The number of hydrogen-bond donors (Lipinski definition) is 1. The summed E-state index contributed by atoms with van der Waals surface area (Å²) in [4.78, 5) is 0. The lowest BCUT2D eigenvalue weighted by molar-refractivity contribution is 0.814. The van der Waals surface area contributed by atoms with Crippen molar-refractivity contribution in [3.8, 4) is 0 Å². The molecule has 0 heterocycles. The van der Waals surface area contributed by atoms with Crippen molar-refractivity contribution >= 4 is 5.69 Å². The third-order valence-electron chi connectivity index (χ3n) is 3.89. The van der Waals surface area contributed by atoms with Crippen molar-refractivity contribution in [3.63, 3.8) is 0 Å². The zero-order valence-electron chi connectivity index (χ0n) is 13.4. The van der Waals surface area contributed by atoms with E-state index in [1.54, 1.807) is 0 Å². The van der Waals surface area contributed by atoms with Gasteiger partial charge in [-0.25, -0.2) is 5.53 Å². The summed E-state index contributed by atoms with van der Waals surface area (Å²) in [5.41, 5.74) is 13.5. The maximum atomic E-state index is 7.61. The largest absolute Gasteiger partial charge is 0.204 e. The van der Waals surface area contributed by atoms with E-state index >= 15 is 0 Å². The topological polar surface area (TPSA) is 36.2 Å². The Bertz CT molecular complexity index is 613. The van der Waals surface area contributed by atoms with Crippen LogP contribution in [0.1, 0.15) is 61.8 Å². The molecule has 0 bridgehead atoms. The molecule has 0 aliphatic rings. The van der Waals surface area contributed by atoms with Gasteiger partial charge in [0, 0.05) is 0 Å². The molecule has 0 atom stereocenters. The van der Waals surface area contributed by atoms with Crippen molar-refractivity contribution in [2.75, 3.05) is 0 Å². The first kappa shape index (κ1) is 15.4. The Morgan fingerprint density at radius 2 is 1.57 bits per heavy atom. The quantitative estimate of drug-likeness (QED) is 0.634. The first-order chi connectivity index (χ1) is 10.0. The lowest BCUT2D eigenvalue weighted by Crippen LogP contribution is -2.02. The molecule has 0 aromatic heterocycles. The highest BCUT2D eigenvalue weighted by molar-refractivity contribution is 5.59. The van der Waals surface area contributed by atoms with Crippen LogP contribution in [0, 0.1) is 5.53 Å². The number of hydrogen-bond acceptors (Lipinski definition) is 2. The molecule has 2 aromatic rings. The van der Waals surface area contributed by atoms with Crippen LogP contribution in [-0.4, -0.2) is 0 Å². The third kappa shape index (κ3) is 3.38.